The van der Waals surface area contributed by atoms with Crippen molar-refractivity contribution in [3.63, 3.8) is 0 Å². The lowest BCUT2D eigenvalue weighted by Gasteiger charge is -2.38. The molecule has 4 aromatic carbocycles. The molecule has 4 amide bonds. The molecular weight excluding hydrogens is 640 g/mol. The van der Waals surface area contributed by atoms with Gasteiger partial charge in [-0.2, -0.15) is 0 Å². The van der Waals surface area contributed by atoms with Crippen LogP contribution in [0.3, 0.4) is 0 Å². The minimum Gasteiger partial charge on any atom is -0.371 e. The van der Waals surface area contributed by atoms with E-state index in [1.165, 1.54) is 22.6 Å². The molecule has 4 aliphatic rings. The van der Waals surface area contributed by atoms with Gasteiger partial charge in [-0.05, 0) is 95.2 Å². The molecule has 264 valence electrons. The van der Waals surface area contributed by atoms with Crippen LogP contribution in [0.4, 0.5) is 11.4 Å². The molecule has 8 rings (SSSR count). The van der Waals surface area contributed by atoms with Crippen LogP contribution in [0.15, 0.2) is 60.7 Å². The molecule has 4 aromatic rings. The predicted octanol–water partition coefficient (Wildman–Crippen LogP) is 6.47. The van der Waals surface area contributed by atoms with Crippen LogP contribution in [0.2, 0.25) is 0 Å². The van der Waals surface area contributed by atoms with Gasteiger partial charge in [0, 0.05) is 81.4 Å². The summed E-state index contributed by atoms with van der Waals surface area (Å²) in [6.45, 7) is 9.43. The number of piperidine rings is 2. The minimum absolute atomic E-state index is 0.341. The fraction of sp³-hybridized carbons (Fsp3) is 0.415. The van der Waals surface area contributed by atoms with Gasteiger partial charge in [0.05, 0.1) is 18.5 Å². The lowest BCUT2D eigenvalue weighted by molar-refractivity contribution is 0.0473. The third-order valence-corrected chi connectivity index (χ3v) is 11.3. The molecular formula is C41H46N6O4. The van der Waals surface area contributed by atoms with E-state index in [1.807, 2.05) is 55.5 Å². The third-order valence-electron chi connectivity index (χ3n) is 11.3. The van der Waals surface area contributed by atoms with Crippen LogP contribution in [0.25, 0.3) is 21.5 Å². The van der Waals surface area contributed by atoms with Crippen LogP contribution in [0.1, 0.15) is 107 Å². The van der Waals surface area contributed by atoms with E-state index in [9.17, 15) is 19.2 Å². The van der Waals surface area contributed by atoms with Crippen molar-refractivity contribution in [3.8, 4) is 0 Å². The van der Waals surface area contributed by atoms with Gasteiger partial charge < -0.3 is 9.80 Å². The number of rotatable bonds is 9. The highest BCUT2D eigenvalue weighted by Crippen LogP contribution is 2.39. The summed E-state index contributed by atoms with van der Waals surface area (Å²) in [4.78, 5) is 63.4. The van der Waals surface area contributed by atoms with E-state index in [0.29, 0.717) is 28.7 Å². The molecule has 2 saturated heterocycles. The molecule has 0 radical (unpaired) electrons. The fourth-order valence-electron chi connectivity index (χ4n) is 8.74. The average Bonchev–Trinajstić information content (AvgIpc) is 3.16. The van der Waals surface area contributed by atoms with Crippen LogP contribution in [-0.4, -0.2) is 78.1 Å². The van der Waals surface area contributed by atoms with E-state index < -0.39 is 18.5 Å². The van der Waals surface area contributed by atoms with E-state index >= 15 is 0 Å². The number of nitrogens with one attached hydrogen (secondary N) is 2. The van der Waals surface area contributed by atoms with Crippen molar-refractivity contribution in [2.24, 2.45) is 0 Å². The standard InChI is InChI=1S/C41H46N6O4/c1-4-35(42-25(2)46-38(48)29-15-11-13-27-33(44-21-7-5-8-22-44)19-17-31(36(27)29)40(46)50)43-26(3)47-39(49)30-16-12-14-28-34(45-23-9-6-10-24-45)20-18-32(37(28)30)41(47)51/h11-20,25-26,35,42-43H,4-10,21-24H2,1-3H3. The number of hydrogen-bond acceptors (Lipinski definition) is 8. The summed E-state index contributed by atoms with van der Waals surface area (Å²) in [5, 5.41) is 10.1. The molecule has 51 heavy (non-hydrogen) atoms. The van der Waals surface area contributed by atoms with Crippen LogP contribution >= 0.6 is 0 Å². The van der Waals surface area contributed by atoms with Crippen molar-refractivity contribution >= 4 is 56.5 Å². The Labute approximate surface area is 298 Å². The first-order valence-corrected chi connectivity index (χ1v) is 18.7. The Morgan fingerprint density at radius 2 is 0.902 bits per heavy atom. The van der Waals surface area contributed by atoms with E-state index in [-0.39, 0.29) is 23.6 Å². The summed E-state index contributed by atoms with van der Waals surface area (Å²) >= 11 is 0. The van der Waals surface area contributed by atoms with Crippen molar-refractivity contribution in [2.75, 3.05) is 36.0 Å². The first-order valence-electron chi connectivity index (χ1n) is 18.7. The zero-order valence-corrected chi connectivity index (χ0v) is 29.7. The van der Waals surface area contributed by atoms with Crippen molar-refractivity contribution in [2.45, 2.75) is 84.2 Å². The number of carbonyl (C=O) groups is 4. The average molecular weight is 687 g/mol. The summed E-state index contributed by atoms with van der Waals surface area (Å²) in [5.41, 5.74) is 4.22. The maximum Gasteiger partial charge on any atom is 0.262 e. The molecule has 2 N–H and O–H groups in total. The predicted molar refractivity (Wildman–Crippen MR) is 200 cm³/mol. The van der Waals surface area contributed by atoms with E-state index in [2.05, 4.69) is 20.4 Å². The Morgan fingerprint density at radius 3 is 1.27 bits per heavy atom. The van der Waals surface area contributed by atoms with Gasteiger partial charge in [0.15, 0.2) is 0 Å². The molecule has 2 fully saturated rings. The summed E-state index contributed by atoms with van der Waals surface area (Å²) in [7, 11) is 0. The topological polar surface area (TPSA) is 105 Å². The molecule has 10 nitrogen and oxygen atoms in total. The maximum atomic E-state index is 14.0. The Morgan fingerprint density at radius 1 is 0.529 bits per heavy atom. The molecule has 10 heteroatoms. The van der Waals surface area contributed by atoms with Gasteiger partial charge in [0.2, 0.25) is 0 Å². The minimum atomic E-state index is -0.671. The molecule has 0 saturated carbocycles. The van der Waals surface area contributed by atoms with Gasteiger partial charge in [-0.15, -0.1) is 0 Å². The van der Waals surface area contributed by atoms with Gasteiger partial charge in [-0.25, -0.2) is 0 Å². The Balaban J connectivity index is 1.01. The zero-order valence-electron chi connectivity index (χ0n) is 29.7. The van der Waals surface area contributed by atoms with Crippen LogP contribution in [0, 0.1) is 0 Å². The van der Waals surface area contributed by atoms with Crippen LogP contribution in [0.5, 0.6) is 0 Å². The molecule has 2 unspecified atom stereocenters. The van der Waals surface area contributed by atoms with Gasteiger partial charge >= 0.3 is 0 Å². The smallest absolute Gasteiger partial charge is 0.262 e. The Bertz CT molecular complexity index is 1880. The monoisotopic (exact) mass is 686 g/mol. The van der Waals surface area contributed by atoms with Gasteiger partial charge in [0.25, 0.3) is 23.6 Å². The fourth-order valence-corrected chi connectivity index (χ4v) is 8.74. The van der Waals surface area contributed by atoms with Crippen molar-refractivity contribution in [3.05, 3.63) is 82.9 Å². The first kappa shape index (κ1) is 33.3. The number of benzene rings is 4. The second kappa shape index (κ2) is 13.4. The second-order valence-corrected chi connectivity index (χ2v) is 14.4. The zero-order chi connectivity index (χ0) is 35.4. The number of anilines is 2. The SMILES string of the molecule is CCC(NC(C)N1C(=O)c2cccc3c(N4CCCCC4)ccc(c23)C1=O)NC(C)N1C(=O)c2cccc3c(N4CCCCC4)ccc(c23)C1=O. The van der Waals surface area contributed by atoms with Crippen molar-refractivity contribution in [1.29, 1.82) is 0 Å². The van der Waals surface area contributed by atoms with Gasteiger partial charge in [-0.1, -0.05) is 31.2 Å². The van der Waals surface area contributed by atoms with Crippen molar-refractivity contribution < 1.29 is 19.2 Å². The van der Waals surface area contributed by atoms with E-state index in [4.69, 9.17) is 0 Å². The third kappa shape index (κ3) is 5.56. The lowest BCUT2D eigenvalue weighted by Crippen LogP contribution is -2.61. The highest BCUT2D eigenvalue weighted by Gasteiger charge is 2.40. The number of hydrogen-bond donors (Lipinski definition) is 2. The Kier molecular flexibility index (Phi) is 8.76. The highest BCUT2D eigenvalue weighted by molar-refractivity contribution is 6.28. The molecule has 0 spiro atoms. The molecule has 4 heterocycles. The molecule has 0 aromatic heterocycles. The maximum absolute atomic E-state index is 14.0. The van der Waals surface area contributed by atoms with Gasteiger partial charge in [0.1, 0.15) is 0 Å². The molecule has 2 atom stereocenters. The second-order valence-electron chi connectivity index (χ2n) is 14.4. The normalized spacial score (nSPS) is 19.7. The van der Waals surface area contributed by atoms with Crippen LogP contribution < -0.4 is 20.4 Å². The summed E-state index contributed by atoms with van der Waals surface area (Å²) in [6, 6.07) is 19.2. The lowest BCUT2D eigenvalue weighted by atomic mass is 9.92. The van der Waals surface area contributed by atoms with E-state index in [0.717, 1.165) is 84.8 Å². The number of carbonyl (C=O) groups excluding carboxylic acids is 4. The number of imide groups is 2. The number of amides is 4. The number of nitrogens with zero attached hydrogens (tertiary/aromatic N) is 4. The first-order chi connectivity index (χ1) is 24.8. The van der Waals surface area contributed by atoms with Gasteiger partial charge in [-0.3, -0.25) is 39.6 Å². The quantitative estimate of drug-likeness (QED) is 0.153. The molecule has 0 aliphatic carbocycles. The van der Waals surface area contributed by atoms with E-state index in [1.54, 1.807) is 26.0 Å². The molecule has 4 aliphatic heterocycles. The highest BCUT2D eigenvalue weighted by atomic mass is 16.2. The Hall–Kier alpha value is -4.80. The largest absolute Gasteiger partial charge is 0.371 e. The summed E-state index contributed by atoms with van der Waals surface area (Å²) in [6.07, 6.45) is 5.76. The molecule has 0 bridgehead atoms. The summed E-state index contributed by atoms with van der Waals surface area (Å²) in [5.74, 6) is -1.36. The van der Waals surface area contributed by atoms with Crippen LogP contribution in [-0.2, 0) is 0 Å². The summed E-state index contributed by atoms with van der Waals surface area (Å²) < 4.78 is 0. The van der Waals surface area contributed by atoms with Crippen molar-refractivity contribution in [1.82, 2.24) is 20.4 Å².